The standard InChI is InChI=1S/C22H20ClF3N2O2/c23-19-8-6-15(14-18(19)22(24,25)26)7-9-20(29)28-12-10-17(11-13-28)27-21(30)16-4-2-1-3-5-16/h1-9,14,17H,10-13H2,(H,27,30)/b9-7+. The summed E-state index contributed by atoms with van der Waals surface area (Å²) >= 11 is 5.60. The quantitative estimate of drug-likeness (QED) is 0.700. The molecule has 2 aromatic rings. The number of hydrogen-bond donors (Lipinski definition) is 1. The maximum Gasteiger partial charge on any atom is 0.417 e. The second-order valence-electron chi connectivity index (χ2n) is 7.01. The molecule has 0 radical (unpaired) electrons. The largest absolute Gasteiger partial charge is 0.417 e. The molecule has 2 aromatic carbocycles. The number of benzene rings is 2. The van der Waals surface area contributed by atoms with Gasteiger partial charge >= 0.3 is 6.18 Å². The molecular weight excluding hydrogens is 417 g/mol. The van der Waals surface area contributed by atoms with E-state index in [9.17, 15) is 22.8 Å². The highest BCUT2D eigenvalue weighted by atomic mass is 35.5. The molecular formula is C22H20ClF3N2O2. The molecule has 2 amide bonds. The molecule has 1 saturated heterocycles. The van der Waals surface area contributed by atoms with Crippen molar-refractivity contribution in [1.29, 1.82) is 0 Å². The number of nitrogens with one attached hydrogen (secondary N) is 1. The highest BCUT2D eigenvalue weighted by Crippen LogP contribution is 2.35. The minimum absolute atomic E-state index is 0.0312. The number of carbonyl (C=O) groups excluding carboxylic acids is 2. The number of nitrogens with zero attached hydrogens (tertiary/aromatic N) is 1. The number of halogens is 4. The normalized spacial score (nSPS) is 15.4. The lowest BCUT2D eigenvalue weighted by Crippen LogP contribution is -2.46. The van der Waals surface area contributed by atoms with Gasteiger partial charge < -0.3 is 10.2 Å². The predicted octanol–water partition coefficient (Wildman–Crippen LogP) is 4.79. The Bertz CT molecular complexity index is 937. The number of hydrogen-bond acceptors (Lipinski definition) is 2. The number of alkyl halides is 3. The number of carbonyl (C=O) groups is 2. The monoisotopic (exact) mass is 436 g/mol. The number of amides is 2. The van der Waals surface area contributed by atoms with Crippen LogP contribution in [0.25, 0.3) is 6.08 Å². The molecule has 158 valence electrons. The Morgan fingerprint density at radius 2 is 1.73 bits per heavy atom. The van der Waals surface area contributed by atoms with E-state index < -0.39 is 11.7 Å². The summed E-state index contributed by atoms with van der Waals surface area (Å²) < 4.78 is 38.8. The van der Waals surface area contributed by atoms with Crippen LogP contribution in [0.1, 0.15) is 34.3 Å². The summed E-state index contributed by atoms with van der Waals surface area (Å²) in [6.07, 6.45) is -0.741. The molecule has 1 heterocycles. The molecule has 0 saturated carbocycles. The van der Waals surface area contributed by atoms with Gasteiger partial charge in [0.05, 0.1) is 10.6 Å². The first-order valence-corrected chi connectivity index (χ1v) is 9.81. The van der Waals surface area contributed by atoms with Crippen LogP contribution in [-0.2, 0) is 11.0 Å². The van der Waals surface area contributed by atoms with E-state index in [1.54, 1.807) is 29.2 Å². The average Bonchev–Trinajstić information content (AvgIpc) is 2.73. The zero-order valence-corrected chi connectivity index (χ0v) is 16.7. The lowest BCUT2D eigenvalue weighted by atomic mass is 10.0. The summed E-state index contributed by atoms with van der Waals surface area (Å²) in [5, 5.41) is 2.58. The van der Waals surface area contributed by atoms with Gasteiger partial charge in [0.15, 0.2) is 0 Å². The minimum atomic E-state index is -4.56. The number of likely N-dealkylation sites (tertiary alicyclic amines) is 1. The van der Waals surface area contributed by atoms with E-state index in [1.807, 2.05) is 6.07 Å². The van der Waals surface area contributed by atoms with Crippen LogP contribution in [0.2, 0.25) is 5.02 Å². The smallest absolute Gasteiger partial charge is 0.349 e. The Morgan fingerprint density at radius 3 is 2.37 bits per heavy atom. The molecule has 0 spiro atoms. The number of piperidine rings is 1. The van der Waals surface area contributed by atoms with Crippen LogP contribution in [0.4, 0.5) is 13.2 Å². The van der Waals surface area contributed by atoms with Crippen molar-refractivity contribution in [1.82, 2.24) is 10.2 Å². The Morgan fingerprint density at radius 1 is 1.07 bits per heavy atom. The fourth-order valence-electron chi connectivity index (χ4n) is 3.24. The highest BCUT2D eigenvalue weighted by molar-refractivity contribution is 6.31. The van der Waals surface area contributed by atoms with Gasteiger partial charge in [0.25, 0.3) is 5.91 Å². The van der Waals surface area contributed by atoms with Gasteiger partial charge in [-0.05, 0) is 48.7 Å². The third kappa shape index (κ3) is 5.63. The number of rotatable bonds is 4. The Hall–Kier alpha value is -2.80. The average molecular weight is 437 g/mol. The summed E-state index contributed by atoms with van der Waals surface area (Å²) in [6, 6.07) is 12.4. The van der Waals surface area contributed by atoms with E-state index >= 15 is 0 Å². The first kappa shape index (κ1) is 21.9. The van der Waals surface area contributed by atoms with Crippen molar-refractivity contribution < 1.29 is 22.8 Å². The minimum Gasteiger partial charge on any atom is -0.349 e. The van der Waals surface area contributed by atoms with Gasteiger partial charge in [0.1, 0.15) is 0 Å². The van der Waals surface area contributed by atoms with Crippen molar-refractivity contribution >= 4 is 29.5 Å². The van der Waals surface area contributed by atoms with Crippen molar-refractivity contribution in [3.05, 3.63) is 76.3 Å². The van der Waals surface area contributed by atoms with Crippen LogP contribution in [0.15, 0.2) is 54.6 Å². The van der Waals surface area contributed by atoms with Gasteiger partial charge in [0.2, 0.25) is 5.91 Å². The van der Waals surface area contributed by atoms with E-state index in [-0.39, 0.29) is 28.4 Å². The van der Waals surface area contributed by atoms with Gasteiger partial charge in [-0.1, -0.05) is 35.9 Å². The summed E-state index contributed by atoms with van der Waals surface area (Å²) in [7, 11) is 0. The molecule has 1 fully saturated rings. The van der Waals surface area contributed by atoms with Crippen LogP contribution in [0, 0.1) is 0 Å². The third-order valence-corrected chi connectivity index (χ3v) is 5.22. The van der Waals surface area contributed by atoms with Crippen LogP contribution < -0.4 is 5.32 Å². The zero-order valence-electron chi connectivity index (χ0n) is 16.0. The maximum atomic E-state index is 12.9. The third-order valence-electron chi connectivity index (χ3n) is 4.89. The van der Waals surface area contributed by atoms with Gasteiger partial charge in [0, 0.05) is 30.8 Å². The molecule has 0 unspecified atom stereocenters. The second kappa shape index (κ2) is 9.34. The van der Waals surface area contributed by atoms with Crippen LogP contribution in [-0.4, -0.2) is 35.8 Å². The molecule has 0 atom stereocenters. The summed E-state index contributed by atoms with van der Waals surface area (Å²) in [5.41, 5.74) is -0.112. The van der Waals surface area contributed by atoms with Crippen molar-refractivity contribution in [2.75, 3.05) is 13.1 Å². The fourth-order valence-corrected chi connectivity index (χ4v) is 3.46. The summed E-state index contributed by atoms with van der Waals surface area (Å²) in [6.45, 7) is 0.911. The topological polar surface area (TPSA) is 49.4 Å². The van der Waals surface area contributed by atoms with Crippen LogP contribution in [0.3, 0.4) is 0 Å². The van der Waals surface area contributed by atoms with Crippen molar-refractivity contribution in [3.8, 4) is 0 Å². The van der Waals surface area contributed by atoms with E-state index in [1.165, 1.54) is 18.2 Å². The maximum absolute atomic E-state index is 12.9. The molecule has 0 aliphatic carbocycles. The summed E-state index contributed by atoms with van der Waals surface area (Å²) in [5.74, 6) is -0.435. The first-order chi connectivity index (χ1) is 14.2. The Labute approximate surface area is 177 Å². The van der Waals surface area contributed by atoms with E-state index in [2.05, 4.69) is 5.32 Å². The van der Waals surface area contributed by atoms with E-state index in [0.717, 1.165) is 12.1 Å². The van der Waals surface area contributed by atoms with Gasteiger partial charge in [-0.2, -0.15) is 13.2 Å². The van der Waals surface area contributed by atoms with Crippen molar-refractivity contribution in [2.24, 2.45) is 0 Å². The van der Waals surface area contributed by atoms with Crippen molar-refractivity contribution in [3.63, 3.8) is 0 Å². The van der Waals surface area contributed by atoms with E-state index in [4.69, 9.17) is 11.6 Å². The Balaban J connectivity index is 1.54. The SMILES string of the molecule is O=C(NC1CCN(C(=O)/C=C/c2ccc(Cl)c(C(F)(F)F)c2)CC1)c1ccccc1. The van der Waals surface area contributed by atoms with Crippen molar-refractivity contribution in [2.45, 2.75) is 25.1 Å². The summed E-state index contributed by atoms with van der Waals surface area (Å²) in [4.78, 5) is 26.2. The molecule has 0 aromatic heterocycles. The Kier molecular flexibility index (Phi) is 6.82. The molecule has 30 heavy (non-hydrogen) atoms. The molecule has 1 aliphatic heterocycles. The molecule has 1 N–H and O–H groups in total. The lowest BCUT2D eigenvalue weighted by Gasteiger charge is -2.31. The molecule has 1 aliphatic rings. The van der Waals surface area contributed by atoms with E-state index in [0.29, 0.717) is 31.5 Å². The fraction of sp³-hybridized carbons (Fsp3) is 0.273. The molecule has 4 nitrogen and oxygen atoms in total. The zero-order chi connectivity index (χ0) is 21.7. The van der Waals surface area contributed by atoms with Crippen LogP contribution >= 0.6 is 11.6 Å². The molecule has 8 heteroatoms. The second-order valence-corrected chi connectivity index (χ2v) is 7.42. The lowest BCUT2D eigenvalue weighted by molar-refractivity contribution is -0.137. The molecule has 0 bridgehead atoms. The molecule has 3 rings (SSSR count). The predicted molar refractivity (Wildman–Crippen MR) is 109 cm³/mol. The van der Waals surface area contributed by atoms with Gasteiger partial charge in [-0.3, -0.25) is 9.59 Å². The van der Waals surface area contributed by atoms with Crippen LogP contribution in [0.5, 0.6) is 0 Å². The van der Waals surface area contributed by atoms with Gasteiger partial charge in [-0.25, -0.2) is 0 Å². The highest BCUT2D eigenvalue weighted by Gasteiger charge is 2.33. The first-order valence-electron chi connectivity index (χ1n) is 9.43. The van der Waals surface area contributed by atoms with Gasteiger partial charge in [-0.15, -0.1) is 0 Å².